The average molecular weight is 397 g/mol. The lowest BCUT2D eigenvalue weighted by molar-refractivity contribution is 0.0744. The minimum atomic E-state index is -3.28. The van der Waals surface area contributed by atoms with Gasteiger partial charge < -0.3 is 9.64 Å². The van der Waals surface area contributed by atoms with E-state index in [2.05, 4.69) is 0 Å². The van der Waals surface area contributed by atoms with E-state index in [1.165, 1.54) is 6.26 Å². The third-order valence-corrected chi connectivity index (χ3v) is 5.79. The molecule has 0 aliphatic heterocycles. The van der Waals surface area contributed by atoms with Gasteiger partial charge in [0.15, 0.2) is 9.84 Å². The molecule has 6 heteroatoms. The van der Waals surface area contributed by atoms with E-state index in [1.54, 1.807) is 43.3 Å². The molecule has 0 bridgehead atoms. The molecule has 3 aromatic carbocycles. The van der Waals surface area contributed by atoms with Gasteiger partial charge in [0.1, 0.15) is 0 Å². The highest BCUT2D eigenvalue weighted by molar-refractivity contribution is 7.90. The zero-order valence-corrected chi connectivity index (χ0v) is 17.0. The summed E-state index contributed by atoms with van der Waals surface area (Å²) in [6.45, 7) is 1.00. The van der Waals surface area contributed by atoms with E-state index in [-0.39, 0.29) is 10.8 Å². The molecule has 5 nitrogen and oxygen atoms in total. The first-order valence-corrected chi connectivity index (χ1v) is 10.8. The van der Waals surface area contributed by atoms with Crippen LogP contribution in [0.2, 0.25) is 0 Å². The van der Waals surface area contributed by atoms with E-state index in [0.717, 1.165) is 21.9 Å². The monoisotopic (exact) mass is 397 g/mol. The summed E-state index contributed by atoms with van der Waals surface area (Å²) in [5.41, 5.74) is 2.35. The number of ether oxygens (including phenoxy) is 1. The highest BCUT2D eigenvalue weighted by Crippen LogP contribution is 2.30. The van der Waals surface area contributed by atoms with Crippen LogP contribution in [0.4, 0.5) is 0 Å². The van der Waals surface area contributed by atoms with Gasteiger partial charge in [-0.25, -0.2) is 8.42 Å². The highest BCUT2D eigenvalue weighted by atomic mass is 32.2. The molecule has 3 rings (SSSR count). The molecule has 0 fully saturated rings. The van der Waals surface area contributed by atoms with E-state index in [4.69, 9.17) is 4.74 Å². The quantitative estimate of drug-likeness (QED) is 0.637. The van der Waals surface area contributed by atoms with Crippen LogP contribution in [0.1, 0.15) is 10.4 Å². The second kappa shape index (κ2) is 8.12. The van der Waals surface area contributed by atoms with Crippen LogP contribution in [0.25, 0.3) is 21.9 Å². The Morgan fingerprint density at radius 3 is 2.50 bits per heavy atom. The first-order valence-electron chi connectivity index (χ1n) is 8.89. The Balaban J connectivity index is 2.02. The van der Waals surface area contributed by atoms with E-state index >= 15 is 0 Å². The van der Waals surface area contributed by atoms with Crippen LogP contribution in [0.15, 0.2) is 65.6 Å². The molecule has 0 N–H and O–H groups in total. The number of fused-ring (bicyclic) bond motifs is 1. The van der Waals surface area contributed by atoms with Crippen molar-refractivity contribution in [1.29, 1.82) is 0 Å². The molecule has 0 unspecified atom stereocenters. The third-order valence-electron chi connectivity index (χ3n) is 4.68. The Morgan fingerprint density at radius 1 is 1.04 bits per heavy atom. The molecular weight excluding hydrogens is 374 g/mol. The standard InChI is InChI=1S/C22H23NO4S/c1-23(12-13-27-2)22(24)18-10-11-21-16(14-18)7-5-9-20(21)17-6-4-8-19(15-17)28(3,25)26/h4-11,14-15H,12-13H2,1-3H3. The van der Waals surface area contributed by atoms with Crippen molar-refractivity contribution in [3.8, 4) is 11.1 Å². The lowest BCUT2D eigenvalue weighted by atomic mass is 9.97. The van der Waals surface area contributed by atoms with Crippen molar-refractivity contribution in [2.45, 2.75) is 4.90 Å². The molecule has 28 heavy (non-hydrogen) atoms. The van der Waals surface area contributed by atoms with Crippen LogP contribution in [-0.2, 0) is 14.6 Å². The summed E-state index contributed by atoms with van der Waals surface area (Å²) in [6.07, 6.45) is 1.20. The predicted molar refractivity (Wildman–Crippen MR) is 111 cm³/mol. The summed E-state index contributed by atoms with van der Waals surface area (Å²) in [5, 5.41) is 1.89. The number of likely N-dealkylation sites (N-methyl/N-ethyl adjacent to an activating group) is 1. The fourth-order valence-electron chi connectivity index (χ4n) is 3.11. The van der Waals surface area contributed by atoms with Gasteiger partial charge >= 0.3 is 0 Å². The number of nitrogens with zero attached hydrogens (tertiary/aromatic N) is 1. The number of benzene rings is 3. The summed E-state index contributed by atoms with van der Waals surface area (Å²) >= 11 is 0. The molecule has 146 valence electrons. The zero-order chi connectivity index (χ0) is 20.3. The van der Waals surface area contributed by atoms with Gasteiger partial charge in [0.05, 0.1) is 11.5 Å². The first-order chi connectivity index (χ1) is 13.3. The Kier molecular flexibility index (Phi) is 5.82. The number of rotatable bonds is 6. The summed E-state index contributed by atoms with van der Waals surface area (Å²) in [6, 6.07) is 18.3. The fraction of sp³-hybridized carbons (Fsp3) is 0.227. The SMILES string of the molecule is COCCN(C)C(=O)c1ccc2c(-c3cccc(S(C)(=O)=O)c3)cccc2c1. The van der Waals surface area contributed by atoms with Gasteiger partial charge in [-0.15, -0.1) is 0 Å². The van der Waals surface area contributed by atoms with Crippen molar-refractivity contribution in [3.63, 3.8) is 0 Å². The lowest BCUT2D eigenvalue weighted by Gasteiger charge is -2.17. The fourth-order valence-corrected chi connectivity index (χ4v) is 3.78. The van der Waals surface area contributed by atoms with Crippen LogP contribution in [-0.4, -0.2) is 52.8 Å². The number of carbonyl (C=O) groups excluding carboxylic acids is 1. The second-order valence-corrected chi connectivity index (χ2v) is 8.78. The Morgan fingerprint density at radius 2 is 1.79 bits per heavy atom. The third kappa shape index (κ3) is 4.24. The number of hydrogen-bond donors (Lipinski definition) is 0. The lowest BCUT2D eigenvalue weighted by Crippen LogP contribution is -2.29. The Bertz CT molecular complexity index is 1120. The molecule has 0 saturated carbocycles. The molecule has 3 aromatic rings. The van der Waals surface area contributed by atoms with Gasteiger partial charge in [-0.1, -0.05) is 36.4 Å². The van der Waals surface area contributed by atoms with Crippen LogP contribution in [0.5, 0.6) is 0 Å². The largest absolute Gasteiger partial charge is 0.383 e. The van der Waals surface area contributed by atoms with Crippen molar-refractivity contribution in [3.05, 3.63) is 66.2 Å². The number of carbonyl (C=O) groups is 1. The number of amides is 1. The average Bonchev–Trinajstić information content (AvgIpc) is 2.70. The molecule has 0 aromatic heterocycles. The molecule has 0 saturated heterocycles. The molecule has 0 aliphatic rings. The molecule has 0 aliphatic carbocycles. The van der Waals surface area contributed by atoms with Crippen molar-refractivity contribution in [2.75, 3.05) is 33.6 Å². The number of hydrogen-bond acceptors (Lipinski definition) is 4. The maximum absolute atomic E-state index is 12.6. The Hall–Kier alpha value is -2.70. The van der Waals surface area contributed by atoms with Crippen molar-refractivity contribution < 1.29 is 17.9 Å². The van der Waals surface area contributed by atoms with Gasteiger partial charge in [-0.3, -0.25) is 4.79 Å². The van der Waals surface area contributed by atoms with Crippen LogP contribution >= 0.6 is 0 Å². The van der Waals surface area contributed by atoms with Crippen molar-refractivity contribution in [2.24, 2.45) is 0 Å². The molecule has 1 amide bonds. The molecule has 0 spiro atoms. The minimum absolute atomic E-state index is 0.0663. The normalized spacial score (nSPS) is 11.5. The molecule has 0 heterocycles. The van der Waals surface area contributed by atoms with Gasteiger partial charge in [0.2, 0.25) is 0 Å². The van der Waals surface area contributed by atoms with E-state index < -0.39 is 9.84 Å². The summed E-state index contributed by atoms with van der Waals surface area (Å²) in [5.74, 6) is -0.0663. The number of methoxy groups -OCH3 is 1. The molecule has 0 atom stereocenters. The minimum Gasteiger partial charge on any atom is -0.383 e. The number of sulfone groups is 1. The van der Waals surface area contributed by atoms with E-state index in [0.29, 0.717) is 18.7 Å². The van der Waals surface area contributed by atoms with Crippen LogP contribution in [0, 0.1) is 0 Å². The summed E-state index contributed by atoms with van der Waals surface area (Å²) in [7, 11) is 0.0722. The Labute approximate surface area is 165 Å². The van der Waals surface area contributed by atoms with E-state index in [9.17, 15) is 13.2 Å². The maximum Gasteiger partial charge on any atom is 0.253 e. The summed E-state index contributed by atoms with van der Waals surface area (Å²) < 4.78 is 28.8. The predicted octanol–water partition coefficient (Wildman–Crippen LogP) is 3.63. The first kappa shape index (κ1) is 20.0. The van der Waals surface area contributed by atoms with Gasteiger partial charge in [-0.2, -0.15) is 0 Å². The zero-order valence-electron chi connectivity index (χ0n) is 16.2. The molecular formula is C22H23NO4S. The van der Waals surface area contributed by atoms with Crippen molar-refractivity contribution >= 4 is 26.5 Å². The van der Waals surface area contributed by atoms with Crippen LogP contribution < -0.4 is 0 Å². The smallest absolute Gasteiger partial charge is 0.253 e. The van der Waals surface area contributed by atoms with Crippen LogP contribution in [0.3, 0.4) is 0 Å². The van der Waals surface area contributed by atoms with Gasteiger partial charge in [0, 0.05) is 32.5 Å². The topological polar surface area (TPSA) is 63.7 Å². The second-order valence-electron chi connectivity index (χ2n) is 6.76. The molecule has 0 radical (unpaired) electrons. The van der Waals surface area contributed by atoms with Gasteiger partial charge in [0.25, 0.3) is 5.91 Å². The maximum atomic E-state index is 12.6. The highest BCUT2D eigenvalue weighted by Gasteiger charge is 2.14. The summed E-state index contributed by atoms with van der Waals surface area (Å²) in [4.78, 5) is 14.5. The van der Waals surface area contributed by atoms with Gasteiger partial charge in [-0.05, 0) is 46.2 Å². The van der Waals surface area contributed by atoms with E-state index in [1.807, 2.05) is 36.4 Å². The van der Waals surface area contributed by atoms with Crippen molar-refractivity contribution in [1.82, 2.24) is 4.90 Å².